The van der Waals surface area contributed by atoms with Gasteiger partial charge in [-0.3, -0.25) is 14.3 Å². The number of alkyl halides is 3. The Labute approximate surface area is 113 Å². The monoisotopic (exact) mass is 374 g/mol. The fourth-order valence-corrected chi connectivity index (χ4v) is 2.31. The van der Waals surface area contributed by atoms with Crippen LogP contribution in [0.4, 0.5) is 8.78 Å². The van der Waals surface area contributed by atoms with Crippen molar-refractivity contribution in [3.05, 3.63) is 33.1 Å². The van der Waals surface area contributed by atoms with Gasteiger partial charge in [0.15, 0.2) is 12.4 Å². The van der Waals surface area contributed by atoms with Gasteiger partial charge in [0.1, 0.15) is 6.10 Å². The van der Waals surface area contributed by atoms with Gasteiger partial charge in [0, 0.05) is 12.3 Å². The molecule has 1 saturated heterocycles. The zero-order valence-electron chi connectivity index (χ0n) is 8.85. The highest BCUT2D eigenvalue weighted by molar-refractivity contribution is 14.1. The molecule has 1 fully saturated rings. The van der Waals surface area contributed by atoms with E-state index in [2.05, 4.69) is 0 Å². The third kappa shape index (κ3) is 2.10. The van der Waals surface area contributed by atoms with Gasteiger partial charge in [0.25, 0.3) is 5.56 Å². The molecule has 4 atom stereocenters. The van der Waals surface area contributed by atoms with Crippen LogP contribution >= 0.6 is 22.6 Å². The van der Waals surface area contributed by atoms with Crippen molar-refractivity contribution in [1.29, 1.82) is 0 Å². The van der Waals surface area contributed by atoms with E-state index in [9.17, 15) is 23.5 Å². The Hall–Kier alpha value is -0.810. The first-order valence-electron chi connectivity index (χ1n) is 4.95. The molecule has 0 radical (unpaired) electrons. The van der Waals surface area contributed by atoms with E-state index in [0.29, 0.717) is 4.57 Å². The SMILES string of the molecule is O=c1ccn([C@@H]2O[C@](F)(CI)[C@@H](O)[C@@H]2F)c(=O)[nH]1. The summed E-state index contributed by atoms with van der Waals surface area (Å²) in [6.45, 7) is 0. The Kier molecular flexibility index (Phi) is 3.56. The molecule has 0 aliphatic carbocycles. The first-order valence-corrected chi connectivity index (χ1v) is 6.48. The predicted molar refractivity (Wildman–Crippen MR) is 65.1 cm³/mol. The van der Waals surface area contributed by atoms with E-state index in [1.807, 2.05) is 4.98 Å². The zero-order valence-corrected chi connectivity index (χ0v) is 11.0. The Morgan fingerprint density at radius 3 is 2.78 bits per heavy atom. The van der Waals surface area contributed by atoms with Gasteiger partial charge in [-0.05, 0) is 0 Å². The largest absolute Gasteiger partial charge is 0.384 e. The zero-order chi connectivity index (χ0) is 13.5. The maximum atomic E-state index is 13.9. The number of aliphatic hydroxyl groups excluding tert-OH is 1. The number of hydrogen-bond donors (Lipinski definition) is 2. The average molecular weight is 374 g/mol. The van der Waals surface area contributed by atoms with Gasteiger partial charge in [-0.1, -0.05) is 22.6 Å². The lowest BCUT2D eigenvalue weighted by molar-refractivity contribution is -0.169. The standard InChI is InChI=1S/C9H9F2IN2O4/c10-5-6(16)9(11,3-12)18-7(5)14-2-1-4(15)13-8(14)17/h1-2,5-7,16H,3H2,(H,13,15,17)/t5-,6-,7+,9+/m0/s1. The van der Waals surface area contributed by atoms with Gasteiger partial charge in [0.2, 0.25) is 5.85 Å². The van der Waals surface area contributed by atoms with Crippen LogP contribution in [0.5, 0.6) is 0 Å². The Bertz CT molecular complexity index is 562. The minimum absolute atomic E-state index is 0.291. The van der Waals surface area contributed by atoms with Crippen molar-refractivity contribution in [2.24, 2.45) is 0 Å². The van der Waals surface area contributed by atoms with Crippen molar-refractivity contribution in [2.45, 2.75) is 24.4 Å². The summed E-state index contributed by atoms with van der Waals surface area (Å²) in [6, 6.07) is 0.978. The third-order valence-corrected chi connectivity index (χ3v) is 3.68. The molecule has 1 aliphatic heterocycles. The van der Waals surface area contributed by atoms with Crippen LogP contribution < -0.4 is 11.2 Å². The van der Waals surface area contributed by atoms with Crippen LogP contribution in [0, 0.1) is 0 Å². The lowest BCUT2D eigenvalue weighted by Crippen LogP contribution is -2.39. The summed E-state index contributed by atoms with van der Waals surface area (Å²) in [5, 5.41) is 9.43. The molecule has 1 aromatic heterocycles. The molecule has 1 aromatic rings. The number of hydrogen-bond acceptors (Lipinski definition) is 4. The lowest BCUT2D eigenvalue weighted by atomic mass is 10.1. The highest BCUT2D eigenvalue weighted by Crippen LogP contribution is 2.40. The van der Waals surface area contributed by atoms with Crippen molar-refractivity contribution >= 4 is 22.6 Å². The molecule has 0 aromatic carbocycles. The van der Waals surface area contributed by atoms with Gasteiger partial charge < -0.3 is 9.84 Å². The van der Waals surface area contributed by atoms with Crippen molar-refractivity contribution in [1.82, 2.24) is 9.55 Å². The summed E-state index contributed by atoms with van der Waals surface area (Å²) in [6.07, 6.45) is -4.71. The number of H-pyrrole nitrogens is 1. The first kappa shape index (κ1) is 13.6. The van der Waals surface area contributed by atoms with Crippen molar-refractivity contribution in [3.8, 4) is 0 Å². The molecule has 100 valence electrons. The molecule has 2 N–H and O–H groups in total. The van der Waals surface area contributed by atoms with Crippen molar-refractivity contribution < 1.29 is 18.6 Å². The van der Waals surface area contributed by atoms with Crippen LogP contribution in [-0.2, 0) is 4.74 Å². The van der Waals surface area contributed by atoms with E-state index < -0.39 is 35.6 Å². The smallest absolute Gasteiger partial charge is 0.330 e. The molecule has 1 aliphatic rings. The molecule has 0 spiro atoms. The fourth-order valence-electron chi connectivity index (χ4n) is 1.68. The number of ether oxygens (including phenoxy) is 1. The second-order valence-corrected chi connectivity index (χ2v) is 4.60. The summed E-state index contributed by atoms with van der Waals surface area (Å²) in [5.74, 6) is -2.56. The number of nitrogens with one attached hydrogen (secondary N) is 1. The molecule has 0 unspecified atom stereocenters. The van der Waals surface area contributed by atoms with E-state index in [-0.39, 0.29) is 4.43 Å². The Morgan fingerprint density at radius 1 is 1.61 bits per heavy atom. The minimum atomic E-state index is -2.56. The van der Waals surface area contributed by atoms with Gasteiger partial charge in [-0.15, -0.1) is 0 Å². The third-order valence-electron chi connectivity index (χ3n) is 2.64. The summed E-state index contributed by atoms with van der Waals surface area (Å²) in [4.78, 5) is 24.2. The van der Waals surface area contributed by atoms with Gasteiger partial charge >= 0.3 is 5.69 Å². The van der Waals surface area contributed by atoms with Crippen molar-refractivity contribution in [3.63, 3.8) is 0 Å². The van der Waals surface area contributed by atoms with E-state index in [4.69, 9.17) is 4.74 Å². The van der Waals surface area contributed by atoms with Crippen molar-refractivity contribution in [2.75, 3.05) is 4.43 Å². The topological polar surface area (TPSA) is 84.3 Å². The summed E-state index contributed by atoms with van der Waals surface area (Å²) < 4.78 is 32.9. The maximum absolute atomic E-state index is 13.9. The van der Waals surface area contributed by atoms with Crippen LogP contribution in [0.2, 0.25) is 0 Å². The van der Waals surface area contributed by atoms with Crippen LogP contribution in [-0.4, -0.2) is 37.2 Å². The Morgan fingerprint density at radius 2 is 2.28 bits per heavy atom. The van der Waals surface area contributed by atoms with E-state index >= 15 is 0 Å². The number of rotatable bonds is 2. The van der Waals surface area contributed by atoms with Crippen LogP contribution in [0.3, 0.4) is 0 Å². The predicted octanol–water partition coefficient (Wildman–Crippen LogP) is -0.135. The first-order chi connectivity index (χ1) is 8.39. The van der Waals surface area contributed by atoms with E-state index in [1.54, 1.807) is 22.6 Å². The molecule has 0 bridgehead atoms. The number of aromatic amines is 1. The molecular weight excluding hydrogens is 365 g/mol. The van der Waals surface area contributed by atoms with Gasteiger partial charge in [-0.2, -0.15) is 0 Å². The molecule has 9 heteroatoms. The average Bonchev–Trinajstić information content (AvgIpc) is 2.55. The highest BCUT2D eigenvalue weighted by Gasteiger charge is 2.56. The normalized spacial score (nSPS) is 35.9. The second kappa shape index (κ2) is 4.70. The molecule has 0 saturated carbocycles. The molecule has 2 heterocycles. The number of nitrogens with zero attached hydrogens (tertiary/aromatic N) is 1. The summed E-state index contributed by atoms with van der Waals surface area (Å²) >= 11 is 1.60. The van der Waals surface area contributed by atoms with Crippen LogP contribution in [0.25, 0.3) is 0 Å². The molecule has 6 nitrogen and oxygen atoms in total. The molecule has 0 amide bonds. The number of halogens is 3. The molecule has 2 rings (SSSR count). The maximum Gasteiger partial charge on any atom is 0.330 e. The fraction of sp³-hybridized carbons (Fsp3) is 0.556. The second-order valence-electron chi connectivity index (χ2n) is 3.83. The van der Waals surface area contributed by atoms with E-state index in [0.717, 1.165) is 12.3 Å². The van der Waals surface area contributed by atoms with Crippen LogP contribution in [0.15, 0.2) is 21.9 Å². The lowest BCUT2D eigenvalue weighted by Gasteiger charge is -2.19. The van der Waals surface area contributed by atoms with Gasteiger partial charge in [-0.25, -0.2) is 13.6 Å². The quantitative estimate of drug-likeness (QED) is 0.558. The summed E-state index contributed by atoms with van der Waals surface area (Å²) in [5.41, 5.74) is -1.59. The highest BCUT2D eigenvalue weighted by atomic mass is 127. The van der Waals surface area contributed by atoms with E-state index in [1.165, 1.54) is 0 Å². The van der Waals surface area contributed by atoms with Crippen LogP contribution in [0.1, 0.15) is 6.23 Å². The molecule has 18 heavy (non-hydrogen) atoms. The summed E-state index contributed by atoms with van der Waals surface area (Å²) in [7, 11) is 0. The number of aromatic nitrogens is 2. The van der Waals surface area contributed by atoms with Gasteiger partial charge in [0.05, 0.1) is 4.43 Å². The Balaban J connectivity index is 2.41. The minimum Gasteiger partial charge on any atom is -0.384 e. The molecular formula is C9H9F2IN2O4. The number of aliphatic hydroxyl groups is 1.